The van der Waals surface area contributed by atoms with Crippen LogP contribution in [0.25, 0.3) is 0 Å². The Hall–Kier alpha value is -0.570. The van der Waals surface area contributed by atoms with Gasteiger partial charge in [0.1, 0.15) is 0 Å². The summed E-state index contributed by atoms with van der Waals surface area (Å²) in [6.07, 6.45) is 7.34. The molecule has 0 bridgehead atoms. The first kappa shape index (κ1) is 10.6. The van der Waals surface area contributed by atoms with Crippen LogP contribution in [-0.2, 0) is 4.79 Å². The summed E-state index contributed by atoms with van der Waals surface area (Å²) in [5, 5.41) is 3.05. The highest BCUT2D eigenvalue weighted by molar-refractivity contribution is 5.83. The van der Waals surface area contributed by atoms with Crippen LogP contribution in [0.3, 0.4) is 0 Å². The van der Waals surface area contributed by atoms with Gasteiger partial charge in [0.2, 0.25) is 5.91 Å². The molecule has 1 saturated carbocycles. The molecule has 0 aromatic carbocycles. The Morgan fingerprint density at radius 1 is 1.25 bits per heavy atom. The van der Waals surface area contributed by atoms with E-state index in [1.165, 1.54) is 25.8 Å². The van der Waals surface area contributed by atoms with Gasteiger partial charge in [-0.3, -0.25) is 4.79 Å². The average molecular weight is 222 g/mol. The van der Waals surface area contributed by atoms with Gasteiger partial charge in [-0.2, -0.15) is 0 Å². The number of likely N-dealkylation sites (tertiary alicyclic amines) is 1. The molecule has 2 saturated heterocycles. The molecule has 3 heteroatoms. The molecular weight excluding hydrogens is 200 g/mol. The molecule has 0 aromatic rings. The Kier molecular flexibility index (Phi) is 2.66. The van der Waals surface area contributed by atoms with Crippen molar-refractivity contribution in [3.05, 3.63) is 0 Å². The van der Waals surface area contributed by atoms with Gasteiger partial charge in [-0.15, -0.1) is 0 Å². The van der Waals surface area contributed by atoms with E-state index >= 15 is 0 Å². The molecule has 3 rings (SSSR count). The molecule has 1 spiro atoms. The van der Waals surface area contributed by atoms with E-state index in [1.807, 2.05) is 0 Å². The predicted octanol–water partition coefficient (Wildman–Crippen LogP) is 1.39. The molecule has 0 aromatic heterocycles. The third-order valence-electron chi connectivity index (χ3n) is 4.63. The van der Waals surface area contributed by atoms with E-state index in [-0.39, 0.29) is 5.41 Å². The van der Waals surface area contributed by atoms with E-state index in [2.05, 4.69) is 10.2 Å². The van der Waals surface area contributed by atoms with Crippen molar-refractivity contribution < 1.29 is 4.79 Å². The predicted molar refractivity (Wildman–Crippen MR) is 63.1 cm³/mol. The van der Waals surface area contributed by atoms with Crippen LogP contribution >= 0.6 is 0 Å². The molecule has 3 fully saturated rings. The zero-order valence-corrected chi connectivity index (χ0v) is 10.0. The number of hydrogen-bond acceptors (Lipinski definition) is 2. The lowest BCUT2D eigenvalue weighted by atomic mass is 9.72. The lowest BCUT2D eigenvalue weighted by Crippen LogP contribution is -2.52. The second-order valence-corrected chi connectivity index (χ2v) is 5.88. The van der Waals surface area contributed by atoms with Crippen molar-refractivity contribution in [3.63, 3.8) is 0 Å². The largest absolute Gasteiger partial charge is 0.356 e. The number of carbonyl (C=O) groups is 1. The number of amides is 1. The van der Waals surface area contributed by atoms with Crippen LogP contribution in [-0.4, -0.2) is 37.0 Å². The summed E-state index contributed by atoms with van der Waals surface area (Å²) in [6.45, 7) is 4.47. The second-order valence-electron chi connectivity index (χ2n) is 5.88. The number of carbonyl (C=O) groups excluding carboxylic acids is 1. The molecule has 2 heterocycles. The Morgan fingerprint density at radius 3 is 2.62 bits per heavy atom. The summed E-state index contributed by atoms with van der Waals surface area (Å²) in [7, 11) is 0. The highest BCUT2D eigenvalue weighted by Crippen LogP contribution is 2.39. The van der Waals surface area contributed by atoms with Crippen LogP contribution < -0.4 is 5.32 Å². The molecule has 1 N–H and O–H groups in total. The van der Waals surface area contributed by atoms with E-state index in [4.69, 9.17) is 0 Å². The summed E-state index contributed by atoms with van der Waals surface area (Å²) in [4.78, 5) is 14.6. The topological polar surface area (TPSA) is 32.3 Å². The first-order valence-electron chi connectivity index (χ1n) is 6.79. The highest BCUT2D eigenvalue weighted by atomic mass is 16.2. The smallest absolute Gasteiger partial charge is 0.226 e. The molecule has 1 amide bonds. The fourth-order valence-corrected chi connectivity index (χ4v) is 3.24. The van der Waals surface area contributed by atoms with Crippen molar-refractivity contribution >= 4 is 5.91 Å². The zero-order chi connectivity index (χ0) is 11.0. The van der Waals surface area contributed by atoms with Crippen LogP contribution in [0.4, 0.5) is 0 Å². The molecule has 90 valence electrons. The van der Waals surface area contributed by atoms with Gasteiger partial charge < -0.3 is 10.2 Å². The summed E-state index contributed by atoms with van der Waals surface area (Å²) >= 11 is 0. The molecule has 16 heavy (non-hydrogen) atoms. The molecule has 0 atom stereocenters. The third-order valence-corrected chi connectivity index (χ3v) is 4.63. The van der Waals surface area contributed by atoms with Gasteiger partial charge in [-0.1, -0.05) is 0 Å². The zero-order valence-electron chi connectivity index (χ0n) is 10.0. The number of piperidine rings is 2. The van der Waals surface area contributed by atoms with Crippen molar-refractivity contribution in [2.24, 2.45) is 11.3 Å². The first-order chi connectivity index (χ1) is 7.78. The SMILES string of the molecule is O=C1NCCCC12CCN(CC1CC1)CC2. The van der Waals surface area contributed by atoms with Gasteiger partial charge in [-0.05, 0) is 57.5 Å². The summed E-state index contributed by atoms with van der Waals surface area (Å²) in [5.74, 6) is 1.32. The maximum Gasteiger partial charge on any atom is 0.226 e. The number of nitrogens with zero attached hydrogens (tertiary/aromatic N) is 1. The number of nitrogens with one attached hydrogen (secondary N) is 1. The monoisotopic (exact) mass is 222 g/mol. The van der Waals surface area contributed by atoms with E-state index in [0.717, 1.165) is 44.8 Å². The second kappa shape index (κ2) is 4.02. The van der Waals surface area contributed by atoms with Crippen LogP contribution in [0.2, 0.25) is 0 Å². The highest BCUT2D eigenvalue weighted by Gasteiger charge is 2.42. The van der Waals surface area contributed by atoms with Crippen LogP contribution in [0.1, 0.15) is 38.5 Å². The lowest BCUT2D eigenvalue weighted by molar-refractivity contribution is -0.136. The standard InChI is InChI=1S/C13H22N2O/c16-12-13(4-1-7-14-12)5-8-15(9-6-13)10-11-2-3-11/h11H,1-10H2,(H,14,16). The molecular formula is C13H22N2O. The minimum atomic E-state index is 0.0122. The van der Waals surface area contributed by atoms with E-state index < -0.39 is 0 Å². The maximum atomic E-state index is 12.0. The Balaban J connectivity index is 1.57. The molecule has 1 aliphatic carbocycles. The van der Waals surface area contributed by atoms with Gasteiger partial charge in [0.25, 0.3) is 0 Å². The van der Waals surface area contributed by atoms with Crippen molar-refractivity contribution in [2.45, 2.75) is 38.5 Å². The van der Waals surface area contributed by atoms with Crippen LogP contribution in [0.15, 0.2) is 0 Å². The van der Waals surface area contributed by atoms with Crippen LogP contribution in [0, 0.1) is 11.3 Å². The van der Waals surface area contributed by atoms with Crippen molar-refractivity contribution in [3.8, 4) is 0 Å². The van der Waals surface area contributed by atoms with Crippen molar-refractivity contribution in [1.29, 1.82) is 0 Å². The Bertz CT molecular complexity index is 278. The first-order valence-corrected chi connectivity index (χ1v) is 6.79. The number of rotatable bonds is 2. The van der Waals surface area contributed by atoms with Gasteiger partial charge in [0.05, 0.1) is 5.41 Å². The molecule has 3 aliphatic rings. The summed E-state index contributed by atoms with van der Waals surface area (Å²) in [5.41, 5.74) is 0.0122. The van der Waals surface area contributed by atoms with Gasteiger partial charge in [0.15, 0.2) is 0 Å². The third kappa shape index (κ3) is 1.97. The van der Waals surface area contributed by atoms with Gasteiger partial charge in [0, 0.05) is 13.1 Å². The van der Waals surface area contributed by atoms with Gasteiger partial charge in [-0.25, -0.2) is 0 Å². The summed E-state index contributed by atoms with van der Waals surface area (Å²) < 4.78 is 0. The summed E-state index contributed by atoms with van der Waals surface area (Å²) in [6, 6.07) is 0. The molecule has 0 unspecified atom stereocenters. The number of hydrogen-bond donors (Lipinski definition) is 1. The van der Waals surface area contributed by atoms with Crippen LogP contribution in [0.5, 0.6) is 0 Å². The minimum absolute atomic E-state index is 0.0122. The Morgan fingerprint density at radius 2 is 2.00 bits per heavy atom. The van der Waals surface area contributed by atoms with Crippen molar-refractivity contribution in [1.82, 2.24) is 10.2 Å². The molecule has 3 nitrogen and oxygen atoms in total. The normalized spacial score (nSPS) is 30.4. The molecule has 2 aliphatic heterocycles. The molecule has 0 radical (unpaired) electrons. The fraction of sp³-hybridized carbons (Fsp3) is 0.923. The van der Waals surface area contributed by atoms with E-state index in [9.17, 15) is 4.79 Å². The van der Waals surface area contributed by atoms with Gasteiger partial charge >= 0.3 is 0 Å². The van der Waals surface area contributed by atoms with E-state index in [0.29, 0.717) is 5.91 Å². The minimum Gasteiger partial charge on any atom is -0.356 e. The maximum absolute atomic E-state index is 12.0. The average Bonchev–Trinajstić information content (AvgIpc) is 3.10. The lowest BCUT2D eigenvalue weighted by Gasteiger charge is -2.43. The Labute approximate surface area is 97.6 Å². The van der Waals surface area contributed by atoms with E-state index in [1.54, 1.807) is 0 Å². The fourth-order valence-electron chi connectivity index (χ4n) is 3.24. The van der Waals surface area contributed by atoms with Crippen molar-refractivity contribution in [2.75, 3.05) is 26.2 Å². The quantitative estimate of drug-likeness (QED) is 0.765.